The largest absolute Gasteiger partial charge is 0.505 e. The Morgan fingerprint density at radius 1 is 1.40 bits per heavy atom. The third-order valence-corrected chi connectivity index (χ3v) is 3.18. The number of benzene rings is 1. The lowest BCUT2D eigenvalue weighted by Crippen LogP contribution is -2.13. The lowest BCUT2D eigenvalue weighted by atomic mass is 10.0. The highest BCUT2D eigenvalue weighted by atomic mass is 79.9. The van der Waals surface area contributed by atoms with Crippen LogP contribution in [0.25, 0.3) is 0 Å². The molecule has 1 fully saturated rings. The van der Waals surface area contributed by atoms with Gasteiger partial charge in [0.15, 0.2) is 11.6 Å². The Balaban J connectivity index is 2.47. The molecule has 1 heterocycles. The van der Waals surface area contributed by atoms with Gasteiger partial charge in [-0.3, -0.25) is 0 Å². The van der Waals surface area contributed by atoms with E-state index in [0.29, 0.717) is 5.56 Å². The number of rotatable bonds is 1. The van der Waals surface area contributed by atoms with Crippen LogP contribution in [0.15, 0.2) is 10.5 Å². The summed E-state index contributed by atoms with van der Waals surface area (Å²) in [6.45, 7) is 0.834. The van der Waals surface area contributed by atoms with Gasteiger partial charge in [0, 0.05) is 11.6 Å². The molecule has 0 spiro atoms. The van der Waals surface area contributed by atoms with Crippen molar-refractivity contribution < 1.29 is 13.9 Å². The van der Waals surface area contributed by atoms with E-state index in [9.17, 15) is 13.9 Å². The summed E-state index contributed by atoms with van der Waals surface area (Å²) in [5.41, 5.74) is 0.415. The Morgan fingerprint density at radius 3 is 2.73 bits per heavy atom. The molecule has 2 nitrogen and oxygen atoms in total. The number of phenolic OH excluding ortho intramolecular Hbond substituents is 1. The molecule has 0 unspecified atom stereocenters. The average molecular weight is 278 g/mol. The average Bonchev–Trinajstić information content (AvgIpc) is 2.73. The van der Waals surface area contributed by atoms with Crippen LogP contribution >= 0.6 is 15.9 Å². The van der Waals surface area contributed by atoms with E-state index < -0.39 is 17.4 Å². The first kappa shape index (κ1) is 10.8. The van der Waals surface area contributed by atoms with E-state index in [-0.39, 0.29) is 10.5 Å². The van der Waals surface area contributed by atoms with Gasteiger partial charge in [0.25, 0.3) is 0 Å². The molecule has 1 aliphatic heterocycles. The second-order valence-corrected chi connectivity index (χ2v) is 4.43. The van der Waals surface area contributed by atoms with Crippen molar-refractivity contribution >= 4 is 15.9 Å². The molecule has 15 heavy (non-hydrogen) atoms. The highest BCUT2D eigenvalue weighted by Gasteiger charge is 2.24. The van der Waals surface area contributed by atoms with Crippen molar-refractivity contribution in [3.05, 3.63) is 27.7 Å². The molecule has 1 saturated heterocycles. The quantitative estimate of drug-likeness (QED) is 0.774. The second kappa shape index (κ2) is 4.06. The van der Waals surface area contributed by atoms with Gasteiger partial charge in [-0.15, -0.1) is 0 Å². The van der Waals surface area contributed by atoms with E-state index in [1.807, 2.05) is 0 Å². The molecule has 2 N–H and O–H groups in total. The Hall–Kier alpha value is -0.680. The Bertz CT molecular complexity index is 391. The first-order chi connectivity index (χ1) is 7.11. The summed E-state index contributed by atoms with van der Waals surface area (Å²) >= 11 is 2.92. The molecule has 5 heteroatoms. The fraction of sp³-hybridized carbons (Fsp3) is 0.400. The van der Waals surface area contributed by atoms with Crippen molar-refractivity contribution in [1.29, 1.82) is 0 Å². The van der Waals surface area contributed by atoms with E-state index in [2.05, 4.69) is 21.2 Å². The van der Waals surface area contributed by atoms with Gasteiger partial charge in [-0.05, 0) is 41.4 Å². The van der Waals surface area contributed by atoms with Crippen LogP contribution in [0.3, 0.4) is 0 Å². The van der Waals surface area contributed by atoms with Crippen LogP contribution in [-0.2, 0) is 0 Å². The molecule has 1 aliphatic rings. The lowest BCUT2D eigenvalue weighted by Gasteiger charge is -2.14. The minimum absolute atomic E-state index is 0.0431. The number of hydrogen-bond donors (Lipinski definition) is 2. The zero-order valence-corrected chi connectivity index (χ0v) is 9.44. The van der Waals surface area contributed by atoms with Gasteiger partial charge in [-0.1, -0.05) is 0 Å². The van der Waals surface area contributed by atoms with Crippen molar-refractivity contribution in [2.75, 3.05) is 6.54 Å². The summed E-state index contributed by atoms with van der Waals surface area (Å²) < 4.78 is 26.3. The Morgan fingerprint density at radius 2 is 2.13 bits per heavy atom. The van der Waals surface area contributed by atoms with Crippen molar-refractivity contribution in [2.45, 2.75) is 18.9 Å². The fourth-order valence-electron chi connectivity index (χ4n) is 1.82. The standard InChI is InChI=1S/C10H10BrF2NO/c11-6-4-5(7-2-1-3-14-7)10(15)9(13)8(6)12/h4,7,14-15H,1-3H2/t7-/m1/s1. The molecule has 0 saturated carbocycles. The van der Waals surface area contributed by atoms with E-state index in [4.69, 9.17) is 0 Å². The Labute approximate surface area is 94.4 Å². The number of hydrogen-bond acceptors (Lipinski definition) is 2. The van der Waals surface area contributed by atoms with Crippen LogP contribution in [0.4, 0.5) is 8.78 Å². The molecule has 82 valence electrons. The maximum Gasteiger partial charge on any atom is 0.201 e. The molecule has 1 aromatic carbocycles. The van der Waals surface area contributed by atoms with E-state index in [1.165, 1.54) is 6.07 Å². The molecule has 0 bridgehead atoms. The van der Waals surface area contributed by atoms with Crippen molar-refractivity contribution in [3.8, 4) is 5.75 Å². The third kappa shape index (κ3) is 1.86. The minimum atomic E-state index is -1.19. The molecular formula is C10H10BrF2NO. The van der Waals surface area contributed by atoms with E-state index >= 15 is 0 Å². The molecule has 1 atom stereocenters. The second-order valence-electron chi connectivity index (χ2n) is 3.57. The maximum absolute atomic E-state index is 13.2. The topological polar surface area (TPSA) is 32.3 Å². The molecule has 0 aromatic heterocycles. The molecule has 0 radical (unpaired) electrons. The first-order valence-electron chi connectivity index (χ1n) is 4.71. The van der Waals surface area contributed by atoms with Gasteiger partial charge in [0.1, 0.15) is 0 Å². The highest BCUT2D eigenvalue weighted by molar-refractivity contribution is 9.10. The van der Waals surface area contributed by atoms with E-state index in [0.717, 1.165) is 19.4 Å². The molecule has 1 aromatic rings. The van der Waals surface area contributed by atoms with Gasteiger partial charge in [0.2, 0.25) is 5.82 Å². The lowest BCUT2D eigenvalue weighted by molar-refractivity contribution is 0.393. The van der Waals surface area contributed by atoms with Crippen LogP contribution in [-0.4, -0.2) is 11.7 Å². The zero-order valence-electron chi connectivity index (χ0n) is 7.86. The minimum Gasteiger partial charge on any atom is -0.505 e. The van der Waals surface area contributed by atoms with Crippen molar-refractivity contribution in [3.63, 3.8) is 0 Å². The molecule has 0 amide bonds. The van der Waals surface area contributed by atoms with Gasteiger partial charge < -0.3 is 10.4 Å². The number of phenols is 1. The monoisotopic (exact) mass is 277 g/mol. The van der Waals surface area contributed by atoms with Crippen molar-refractivity contribution in [1.82, 2.24) is 5.32 Å². The van der Waals surface area contributed by atoms with Gasteiger partial charge in [-0.25, -0.2) is 4.39 Å². The Kier molecular flexibility index (Phi) is 2.93. The normalized spacial score (nSPS) is 20.9. The SMILES string of the molecule is Oc1c([C@H]2CCCN2)cc(Br)c(F)c1F. The van der Waals surface area contributed by atoms with Gasteiger partial charge in [0.05, 0.1) is 4.47 Å². The summed E-state index contributed by atoms with van der Waals surface area (Å²) in [6.07, 6.45) is 1.80. The predicted octanol–water partition coefficient (Wildman–Crippen LogP) is 2.86. The van der Waals surface area contributed by atoms with E-state index in [1.54, 1.807) is 0 Å². The van der Waals surface area contributed by atoms with Crippen LogP contribution in [0.1, 0.15) is 24.4 Å². The molecule has 2 rings (SSSR count). The zero-order chi connectivity index (χ0) is 11.0. The molecular weight excluding hydrogens is 268 g/mol. The van der Waals surface area contributed by atoms with Crippen LogP contribution < -0.4 is 5.32 Å². The predicted molar refractivity (Wildman–Crippen MR) is 55.7 cm³/mol. The number of aromatic hydroxyl groups is 1. The van der Waals surface area contributed by atoms with Crippen molar-refractivity contribution in [2.24, 2.45) is 0 Å². The first-order valence-corrected chi connectivity index (χ1v) is 5.50. The third-order valence-electron chi connectivity index (χ3n) is 2.60. The summed E-state index contributed by atoms with van der Waals surface area (Å²) in [6, 6.07) is 1.34. The molecule has 0 aliphatic carbocycles. The van der Waals surface area contributed by atoms with Crippen LogP contribution in [0.2, 0.25) is 0 Å². The maximum atomic E-state index is 13.2. The van der Waals surface area contributed by atoms with Gasteiger partial charge >= 0.3 is 0 Å². The van der Waals surface area contributed by atoms with Crippen LogP contribution in [0, 0.1) is 11.6 Å². The number of halogens is 3. The summed E-state index contributed by atoms with van der Waals surface area (Å²) in [5.74, 6) is -2.82. The summed E-state index contributed by atoms with van der Waals surface area (Å²) in [7, 11) is 0. The summed E-state index contributed by atoms with van der Waals surface area (Å²) in [5, 5.41) is 12.6. The smallest absolute Gasteiger partial charge is 0.201 e. The van der Waals surface area contributed by atoms with Gasteiger partial charge in [-0.2, -0.15) is 4.39 Å². The number of nitrogens with one attached hydrogen (secondary N) is 1. The summed E-state index contributed by atoms with van der Waals surface area (Å²) in [4.78, 5) is 0. The fourth-order valence-corrected chi connectivity index (χ4v) is 2.24. The highest BCUT2D eigenvalue weighted by Crippen LogP contribution is 2.36. The van der Waals surface area contributed by atoms with Crippen LogP contribution in [0.5, 0.6) is 5.75 Å².